The van der Waals surface area contributed by atoms with Crippen LogP contribution >= 0.6 is 0 Å². The second-order valence-electron chi connectivity index (χ2n) is 15.6. The Morgan fingerprint density at radius 1 is 0.281 bits per heavy atom. The predicted molar refractivity (Wildman–Crippen MR) is 255 cm³/mol. The van der Waals surface area contributed by atoms with Gasteiger partial charge in [0.25, 0.3) is 0 Å². The zero-order valence-corrected chi connectivity index (χ0v) is 34.2. The maximum atomic E-state index is 6.31. The molecular weight excluding hydrogens is 787 g/mol. The molecule has 8 aromatic carbocycles. The van der Waals surface area contributed by atoms with Gasteiger partial charge in [-0.05, 0) is 52.6 Å². The zero-order chi connectivity index (χ0) is 42.4. The first kappa shape index (κ1) is 36.9. The number of hydrogen-bond acceptors (Lipinski definition) is 7. The lowest BCUT2D eigenvalue weighted by molar-refractivity contribution is 0.643. The van der Waals surface area contributed by atoms with Crippen molar-refractivity contribution in [3.8, 4) is 90.3 Å². The fourth-order valence-corrected chi connectivity index (χ4v) is 8.24. The van der Waals surface area contributed by atoms with Gasteiger partial charge in [0.15, 0.2) is 28.9 Å². The summed E-state index contributed by atoms with van der Waals surface area (Å²) < 4.78 is 8.42. The lowest BCUT2D eigenvalue weighted by atomic mass is 10.0. The maximum absolute atomic E-state index is 6.31. The predicted octanol–water partition coefficient (Wildman–Crippen LogP) is 13.5. The molecule has 0 atom stereocenters. The Bertz CT molecular complexity index is 3270. The number of aromatic nitrogens is 7. The fraction of sp³-hybridized carbons (Fsp3) is 0. The molecule has 0 aliphatic heterocycles. The van der Waals surface area contributed by atoms with E-state index in [1.54, 1.807) is 0 Å². The number of rotatable bonds is 8. The number of benzene rings is 8. The van der Waals surface area contributed by atoms with E-state index < -0.39 is 0 Å². The van der Waals surface area contributed by atoms with Crippen LogP contribution in [0.3, 0.4) is 0 Å². The molecule has 12 aromatic rings. The summed E-state index contributed by atoms with van der Waals surface area (Å²) in [5.74, 6) is 3.11. The van der Waals surface area contributed by atoms with Crippen molar-refractivity contribution in [1.82, 2.24) is 34.3 Å². The molecule has 8 nitrogen and oxygen atoms in total. The molecule has 0 radical (unpaired) electrons. The normalized spacial score (nSPS) is 11.4. The van der Waals surface area contributed by atoms with Crippen LogP contribution in [-0.4, -0.2) is 34.3 Å². The lowest BCUT2D eigenvalue weighted by Crippen LogP contribution is -2.00. The Morgan fingerprint density at radius 2 is 0.656 bits per heavy atom. The molecule has 0 amide bonds. The molecular formula is C56H35N7O. The van der Waals surface area contributed by atoms with Gasteiger partial charge in [-0.15, -0.1) is 0 Å². The third-order valence-corrected chi connectivity index (χ3v) is 11.5. The first-order chi connectivity index (χ1) is 31.7. The van der Waals surface area contributed by atoms with E-state index in [0.717, 1.165) is 89.2 Å². The van der Waals surface area contributed by atoms with Crippen molar-refractivity contribution < 1.29 is 4.42 Å². The van der Waals surface area contributed by atoms with E-state index in [9.17, 15) is 0 Å². The third kappa shape index (κ3) is 6.85. The van der Waals surface area contributed by atoms with Gasteiger partial charge in [0.2, 0.25) is 0 Å². The van der Waals surface area contributed by atoms with Crippen molar-refractivity contribution in [3.63, 3.8) is 0 Å². The molecule has 300 valence electrons. The van der Waals surface area contributed by atoms with Crippen LogP contribution in [0.4, 0.5) is 0 Å². The molecule has 0 saturated carbocycles. The zero-order valence-electron chi connectivity index (χ0n) is 34.2. The van der Waals surface area contributed by atoms with E-state index in [0.29, 0.717) is 29.1 Å². The molecule has 0 fully saturated rings. The second-order valence-corrected chi connectivity index (χ2v) is 15.6. The molecule has 4 aromatic heterocycles. The van der Waals surface area contributed by atoms with Gasteiger partial charge < -0.3 is 4.42 Å². The summed E-state index contributed by atoms with van der Waals surface area (Å²) >= 11 is 0. The van der Waals surface area contributed by atoms with Gasteiger partial charge >= 0.3 is 5.84 Å². The van der Waals surface area contributed by atoms with Crippen LogP contribution in [0.25, 0.3) is 118 Å². The molecule has 64 heavy (non-hydrogen) atoms. The molecule has 0 N–H and O–H groups in total. The maximum Gasteiger partial charge on any atom is 0.307 e. The Labute approximate surface area is 367 Å². The molecule has 8 heteroatoms. The summed E-state index contributed by atoms with van der Waals surface area (Å²) in [5, 5.41) is 0. The van der Waals surface area contributed by atoms with Crippen LogP contribution in [0.1, 0.15) is 0 Å². The van der Waals surface area contributed by atoms with E-state index in [4.69, 9.17) is 34.3 Å². The quantitative estimate of drug-likeness (QED) is 0.151. The van der Waals surface area contributed by atoms with Gasteiger partial charge in [0, 0.05) is 33.4 Å². The minimum atomic E-state index is 0.549. The molecule has 0 spiro atoms. The summed E-state index contributed by atoms with van der Waals surface area (Å²) in [5.41, 5.74) is 15.3. The van der Waals surface area contributed by atoms with E-state index in [2.05, 4.69) is 114 Å². The first-order valence-electron chi connectivity index (χ1n) is 21.1. The number of fused-ring (bicyclic) bond motifs is 5. The van der Waals surface area contributed by atoms with E-state index in [-0.39, 0.29) is 0 Å². The Morgan fingerprint density at radius 3 is 1.14 bits per heavy atom. The summed E-state index contributed by atoms with van der Waals surface area (Å²) in [4.78, 5) is 29.6. The third-order valence-electron chi connectivity index (χ3n) is 11.5. The smallest absolute Gasteiger partial charge is 0.307 e. The van der Waals surface area contributed by atoms with Gasteiger partial charge in [-0.2, -0.15) is 4.98 Å². The molecule has 0 unspecified atom stereocenters. The fourth-order valence-electron chi connectivity index (χ4n) is 8.24. The number of oxazole rings is 1. The standard InChI is InChI=1S/C56H35N7O/c1-5-13-38(14-6-1)47-35-48(39-15-7-2-8-16-39)58-52(57-47)42-25-21-37(22-26-42)45-30-32-51-50(34-45)63-49-33-44(29-31-46(49)59-56(63)64-51)36-23-27-43(28-24-36)55-61-53(40-17-9-3-10-18-40)60-54(62-55)41-19-11-4-12-20-41/h1-35H. The van der Waals surface area contributed by atoms with Gasteiger partial charge in [-0.3, -0.25) is 4.40 Å². The summed E-state index contributed by atoms with van der Waals surface area (Å²) in [6.07, 6.45) is 0. The van der Waals surface area contributed by atoms with Crippen LogP contribution in [0.5, 0.6) is 0 Å². The average Bonchev–Trinajstić information content (AvgIpc) is 3.93. The number of hydrogen-bond donors (Lipinski definition) is 0. The van der Waals surface area contributed by atoms with Crippen LogP contribution in [0, 0.1) is 0 Å². The van der Waals surface area contributed by atoms with Crippen LogP contribution in [0.2, 0.25) is 0 Å². The largest absolute Gasteiger partial charge is 0.423 e. The summed E-state index contributed by atoms with van der Waals surface area (Å²) in [6, 6.07) is 72.0. The average molecular weight is 822 g/mol. The van der Waals surface area contributed by atoms with Crippen molar-refractivity contribution in [2.75, 3.05) is 0 Å². The first-order valence-corrected chi connectivity index (χ1v) is 21.1. The minimum absolute atomic E-state index is 0.549. The van der Waals surface area contributed by atoms with Gasteiger partial charge in [-0.1, -0.05) is 182 Å². The van der Waals surface area contributed by atoms with E-state index in [1.165, 1.54) is 0 Å². The molecule has 0 saturated heterocycles. The number of nitrogens with zero attached hydrogens (tertiary/aromatic N) is 7. The highest BCUT2D eigenvalue weighted by atomic mass is 16.4. The SMILES string of the molecule is c1ccc(-c2cc(-c3ccccc3)nc(-c3ccc(-c4ccc5oc6nc7ccc(-c8ccc(-c9nc(-c%10ccccc%10)nc(-c%10ccccc%10)n9)cc8)cc7n6c5c4)cc3)n2)cc1. The second kappa shape index (κ2) is 15.5. The lowest BCUT2D eigenvalue weighted by Gasteiger charge is -2.10. The monoisotopic (exact) mass is 821 g/mol. The Hall–Kier alpha value is -8.88. The van der Waals surface area contributed by atoms with Crippen molar-refractivity contribution in [2.24, 2.45) is 0 Å². The van der Waals surface area contributed by atoms with Crippen LogP contribution in [0.15, 0.2) is 217 Å². The Kier molecular flexibility index (Phi) is 8.97. The molecule has 0 aliphatic carbocycles. The Balaban J connectivity index is 0.872. The molecule has 0 aliphatic rings. The molecule has 0 bridgehead atoms. The van der Waals surface area contributed by atoms with Crippen molar-refractivity contribution in [1.29, 1.82) is 0 Å². The summed E-state index contributed by atoms with van der Waals surface area (Å²) in [7, 11) is 0. The van der Waals surface area contributed by atoms with Gasteiger partial charge in [0.05, 0.1) is 27.9 Å². The minimum Gasteiger partial charge on any atom is -0.423 e. The number of imidazole rings is 1. The highest BCUT2D eigenvalue weighted by molar-refractivity contribution is 5.92. The van der Waals surface area contributed by atoms with E-state index in [1.807, 2.05) is 103 Å². The van der Waals surface area contributed by atoms with Crippen molar-refractivity contribution in [3.05, 3.63) is 212 Å². The van der Waals surface area contributed by atoms with Crippen molar-refractivity contribution in [2.45, 2.75) is 0 Å². The van der Waals surface area contributed by atoms with Gasteiger partial charge in [-0.25, -0.2) is 24.9 Å². The van der Waals surface area contributed by atoms with Gasteiger partial charge in [0.1, 0.15) is 0 Å². The molecule has 12 rings (SSSR count). The summed E-state index contributed by atoms with van der Waals surface area (Å²) in [6.45, 7) is 0. The highest BCUT2D eigenvalue weighted by Gasteiger charge is 2.17. The topological polar surface area (TPSA) is 94.9 Å². The van der Waals surface area contributed by atoms with Crippen LogP contribution in [-0.2, 0) is 0 Å². The van der Waals surface area contributed by atoms with Crippen molar-refractivity contribution >= 4 is 28.0 Å². The molecule has 4 heterocycles. The van der Waals surface area contributed by atoms with E-state index >= 15 is 0 Å². The van der Waals surface area contributed by atoms with Crippen LogP contribution < -0.4 is 0 Å². The highest BCUT2D eigenvalue weighted by Crippen LogP contribution is 2.34.